The van der Waals surface area contributed by atoms with Gasteiger partial charge in [0.25, 0.3) is 23.6 Å². The number of amides is 7. The standard InChI is InChI=1S/C45H53FN8O10/c1-27-35(26-32-31-25-29(46)7-8-33(31)50-41(32)57)49-28(2)39(27)43(59)48-12-4-14-52-15-17-53(18-16-52)38(56)11-19-62-21-23-64-24-22-63-20-13-47-34-6-3-5-30-40(34)45(61)54(44(30)60)36-9-10-37(55)51-42(36)58/h3,5-8,25-26,36,47,49H,4,9-24H2,1-2H3,(H,48,59)(H,50,57)(H,51,55,58)/b32-26-. The van der Waals surface area contributed by atoms with Crippen LogP contribution in [0.25, 0.3) is 11.6 Å². The molecule has 2 aromatic carbocycles. The molecule has 7 amide bonds. The number of aromatic amines is 1. The highest BCUT2D eigenvalue weighted by Gasteiger charge is 2.45. The van der Waals surface area contributed by atoms with E-state index in [9.17, 15) is 38.0 Å². The van der Waals surface area contributed by atoms with E-state index in [2.05, 4.69) is 31.2 Å². The van der Waals surface area contributed by atoms with E-state index >= 15 is 0 Å². The van der Waals surface area contributed by atoms with E-state index in [1.807, 2.05) is 11.8 Å². The predicted molar refractivity (Wildman–Crippen MR) is 232 cm³/mol. The summed E-state index contributed by atoms with van der Waals surface area (Å²) in [6.07, 6.45) is 2.80. The molecule has 19 heteroatoms. The van der Waals surface area contributed by atoms with Gasteiger partial charge in [-0.05, 0) is 75.2 Å². The lowest BCUT2D eigenvalue weighted by atomic mass is 10.0. The third-order valence-electron chi connectivity index (χ3n) is 11.7. The van der Waals surface area contributed by atoms with Crippen molar-refractivity contribution in [3.8, 4) is 0 Å². The number of benzene rings is 2. The maximum atomic E-state index is 13.9. The SMILES string of the molecule is Cc1[nH]c(/C=C2\C(=O)Nc3ccc(F)cc32)c(C)c1C(=O)NCCCN1CCN(C(=O)CCOCCOCCOCCNc2cccc3c2C(=O)N(C2CCC(=O)NC2=O)C3=O)CC1. The van der Waals surface area contributed by atoms with Gasteiger partial charge in [0.2, 0.25) is 17.7 Å². The highest BCUT2D eigenvalue weighted by atomic mass is 19.1. The summed E-state index contributed by atoms with van der Waals surface area (Å²) in [5.74, 6) is -3.18. The smallest absolute Gasteiger partial charge is 0.264 e. The highest BCUT2D eigenvalue weighted by Crippen LogP contribution is 2.35. The Hall–Kier alpha value is -6.28. The highest BCUT2D eigenvalue weighted by molar-refractivity contribution is 6.35. The number of imide groups is 2. The van der Waals surface area contributed by atoms with E-state index in [1.165, 1.54) is 24.3 Å². The fraction of sp³-hybridized carbons (Fsp3) is 0.444. The number of H-pyrrole nitrogens is 1. The average Bonchev–Trinajstić information content (AvgIpc) is 3.84. The number of anilines is 2. The van der Waals surface area contributed by atoms with Gasteiger partial charge in [0, 0.05) is 74.0 Å². The Labute approximate surface area is 369 Å². The maximum absolute atomic E-state index is 13.9. The predicted octanol–water partition coefficient (Wildman–Crippen LogP) is 2.48. The minimum atomic E-state index is -1.03. The second-order valence-electron chi connectivity index (χ2n) is 15.9. The quantitative estimate of drug-likeness (QED) is 0.0628. The number of carbonyl (C=O) groups excluding carboxylic acids is 7. The third-order valence-corrected chi connectivity index (χ3v) is 11.7. The molecular weight excluding hydrogens is 832 g/mol. The van der Waals surface area contributed by atoms with Crippen molar-refractivity contribution >= 4 is 64.4 Å². The van der Waals surface area contributed by atoms with Crippen LogP contribution in [0.2, 0.25) is 0 Å². The van der Waals surface area contributed by atoms with Crippen molar-refractivity contribution in [2.45, 2.75) is 45.6 Å². The molecule has 5 heterocycles. The molecule has 0 bridgehead atoms. The minimum absolute atomic E-state index is 0.0371. The first-order valence-corrected chi connectivity index (χ1v) is 21.5. The molecule has 0 spiro atoms. The van der Waals surface area contributed by atoms with Crippen LogP contribution in [0.4, 0.5) is 15.8 Å². The van der Waals surface area contributed by atoms with Crippen LogP contribution >= 0.6 is 0 Å². The van der Waals surface area contributed by atoms with Crippen molar-refractivity contribution in [1.29, 1.82) is 0 Å². The van der Waals surface area contributed by atoms with Gasteiger partial charge in [-0.2, -0.15) is 0 Å². The van der Waals surface area contributed by atoms with Gasteiger partial charge in [0.15, 0.2) is 0 Å². The second kappa shape index (κ2) is 20.9. The van der Waals surface area contributed by atoms with E-state index in [-0.39, 0.29) is 54.7 Å². The lowest BCUT2D eigenvalue weighted by Crippen LogP contribution is -2.54. The molecule has 2 fully saturated rings. The zero-order valence-electron chi connectivity index (χ0n) is 35.9. The monoisotopic (exact) mass is 884 g/mol. The van der Waals surface area contributed by atoms with Crippen LogP contribution in [0.5, 0.6) is 0 Å². The molecule has 0 saturated carbocycles. The van der Waals surface area contributed by atoms with E-state index in [0.29, 0.717) is 104 Å². The number of hydrogen-bond acceptors (Lipinski definition) is 12. The van der Waals surface area contributed by atoms with E-state index in [1.54, 1.807) is 25.1 Å². The lowest BCUT2D eigenvalue weighted by molar-refractivity contribution is -0.136. The number of piperidine rings is 1. The number of hydrogen-bond donors (Lipinski definition) is 5. The van der Waals surface area contributed by atoms with Crippen molar-refractivity contribution in [3.63, 3.8) is 0 Å². The van der Waals surface area contributed by atoms with Gasteiger partial charge in [0.1, 0.15) is 11.9 Å². The second-order valence-corrected chi connectivity index (χ2v) is 15.9. The Morgan fingerprint density at radius 2 is 1.59 bits per heavy atom. The van der Waals surface area contributed by atoms with Crippen molar-refractivity contribution in [2.75, 3.05) is 96.1 Å². The van der Waals surface area contributed by atoms with Crippen LogP contribution in [0.15, 0.2) is 36.4 Å². The summed E-state index contributed by atoms with van der Waals surface area (Å²) in [6.45, 7) is 9.85. The summed E-state index contributed by atoms with van der Waals surface area (Å²) < 4.78 is 30.7. The molecular formula is C45H53FN8O10. The van der Waals surface area contributed by atoms with Crippen LogP contribution in [-0.4, -0.2) is 153 Å². The van der Waals surface area contributed by atoms with Gasteiger partial charge >= 0.3 is 0 Å². The van der Waals surface area contributed by atoms with Gasteiger partial charge < -0.3 is 40.0 Å². The molecule has 340 valence electrons. The molecule has 64 heavy (non-hydrogen) atoms. The van der Waals surface area contributed by atoms with Crippen LogP contribution in [0, 0.1) is 19.7 Å². The molecule has 1 atom stereocenters. The zero-order chi connectivity index (χ0) is 45.3. The first-order chi connectivity index (χ1) is 30.9. The Bertz CT molecular complexity index is 2340. The number of nitrogens with zero attached hydrogens (tertiary/aromatic N) is 3. The average molecular weight is 885 g/mol. The normalized spacial score (nSPS) is 18.1. The first kappa shape index (κ1) is 45.7. The van der Waals surface area contributed by atoms with Crippen LogP contribution < -0.4 is 21.3 Å². The molecule has 0 aliphatic carbocycles. The van der Waals surface area contributed by atoms with Crippen molar-refractivity contribution in [2.24, 2.45) is 0 Å². The number of fused-ring (bicyclic) bond motifs is 2. The number of carbonyl (C=O) groups is 7. The molecule has 3 aromatic rings. The van der Waals surface area contributed by atoms with Crippen molar-refractivity contribution in [1.82, 2.24) is 30.3 Å². The number of halogens is 1. The summed E-state index contributed by atoms with van der Waals surface area (Å²) >= 11 is 0. The molecule has 4 aliphatic heterocycles. The van der Waals surface area contributed by atoms with Gasteiger partial charge in [-0.15, -0.1) is 0 Å². The first-order valence-electron chi connectivity index (χ1n) is 21.5. The largest absolute Gasteiger partial charge is 0.382 e. The van der Waals surface area contributed by atoms with E-state index in [4.69, 9.17) is 14.2 Å². The van der Waals surface area contributed by atoms with Gasteiger partial charge in [0.05, 0.1) is 68.3 Å². The lowest BCUT2D eigenvalue weighted by Gasteiger charge is -2.34. The Balaban J connectivity index is 0.701. The topological polar surface area (TPSA) is 221 Å². The van der Waals surface area contributed by atoms with E-state index in [0.717, 1.165) is 31.0 Å². The minimum Gasteiger partial charge on any atom is -0.382 e. The van der Waals surface area contributed by atoms with Crippen LogP contribution in [-0.2, 0) is 33.4 Å². The number of rotatable bonds is 20. The Morgan fingerprint density at radius 3 is 2.34 bits per heavy atom. The number of aryl methyl sites for hydroxylation is 1. The van der Waals surface area contributed by atoms with E-state index < -0.39 is 35.5 Å². The van der Waals surface area contributed by atoms with Crippen molar-refractivity contribution < 1.29 is 52.2 Å². The molecule has 1 aromatic heterocycles. The number of ether oxygens (including phenoxy) is 3. The fourth-order valence-corrected chi connectivity index (χ4v) is 8.30. The van der Waals surface area contributed by atoms with Gasteiger partial charge in [-0.3, -0.25) is 48.7 Å². The third kappa shape index (κ3) is 10.6. The molecule has 0 radical (unpaired) electrons. The number of aromatic nitrogens is 1. The van der Waals surface area contributed by atoms with Crippen molar-refractivity contribution in [3.05, 3.63) is 81.4 Å². The summed E-state index contributed by atoms with van der Waals surface area (Å²) in [5.41, 5.74) is 4.68. The number of piperazine rings is 1. The van der Waals surface area contributed by atoms with Crippen LogP contribution in [0.1, 0.15) is 79.3 Å². The molecule has 4 aliphatic rings. The fourth-order valence-electron chi connectivity index (χ4n) is 8.30. The summed E-state index contributed by atoms with van der Waals surface area (Å²) in [6, 6.07) is 7.98. The Morgan fingerprint density at radius 1 is 0.859 bits per heavy atom. The summed E-state index contributed by atoms with van der Waals surface area (Å²) in [7, 11) is 0. The maximum Gasteiger partial charge on any atom is 0.264 e. The van der Waals surface area contributed by atoms with Crippen LogP contribution in [0.3, 0.4) is 0 Å². The molecule has 2 saturated heterocycles. The van der Waals surface area contributed by atoms with Gasteiger partial charge in [-0.1, -0.05) is 6.07 Å². The number of nitrogens with one attached hydrogen (secondary N) is 5. The molecule has 7 rings (SSSR count). The zero-order valence-corrected chi connectivity index (χ0v) is 35.9. The van der Waals surface area contributed by atoms with Gasteiger partial charge in [-0.25, -0.2) is 4.39 Å². The molecule has 1 unspecified atom stereocenters. The molecule has 18 nitrogen and oxygen atoms in total. The summed E-state index contributed by atoms with van der Waals surface area (Å²) in [5, 5.41) is 11.1. The summed E-state index contributed by atoms with van der Waals surface area (Å²) in [4.78, 5) is 96.9. The Kier molecular flexibility index (Phi) is 15.0. The molecule has 5 N–H and O–H groups in total.